The van der Waals surface area contributed by atoms with Crippen molar-refractivity contribution >= 4 is 35.0 Å². The Hall–Kier alpha value is -4.03. The molecule has 0 aliphatic carbocycles. The van der Waals surface area contributed by atoms with Crippen LogP contribution in [0.2, 0.25) is 0 Å². The number of anilines is 2. The molecular formula is C30H28N2O3S. The molecule has 0 spiro atoms. The first-order valence-electron chi connectivity index (χ1n) is 11.7. The van der Waals surface area contributed by atoms with Gasteiger partial charge in [-0.05, 0) is 73.0 Å². The highest BCUT2D eigenvalue weighted by Gasteiger charge is 2.22. The minimum atomic E-state index is -0.472. The Morgan fingerprint density at radius 2 is 1.44 bits per heavy atom. The van der Waals surface area contributed by atoms with Gasteiger partial charge in [-0.25, -0.2) is 0 Å². The topological polar surface area (TPSA) is 67.4 Å². The summed E-state index contributed by atoms with van der Waals surface area (Å²) in [7, 11) is 0. The molecule has 0 fully saturated rings. The largest absolute Gasteiger partial charge is 0.484 e. The number of amides is 2. The Labute approximate surface area is 215 Å². The molecule has 2 amide bonds. The standard InChI is InChI=1S/C30H28N2O3S/c1-21-16-17-25(18-22(21)2)32-30(34)29(23-10-5-3-6-11-23)36-27-15-9-12-24(19-27)31-28(33)20-35-26-13-7-4-8-14-26/h3-19,29H,20H2,1-2H3,(H,31,33)(H,32,34). The summed E-state index contributed by atoms with van der Waals surface area (Å²) in [5, 5.41) is 5.46. The van der Waals surface area contributed by atoms with E-state index in [1.165, 1.54) is 17.3 Å². The second-order valence-corrected chi connectivity index (χ2v) is 9.55. The van der Waals surface area contributed by atoms with E-state index < -0.39 is 5.25 Å². The highest BCUT2D eigenvalue weighted by atomic mass is 32.2. The van der Waals surface area contributed by atoms with Gasteiger partial charge in [0.05, 0.1) is 0 Å². The third-order valence-corrected chi connectivity index (χ3v) is 6.85. The molecule has 0 radical (unpaired) electrons. The van der Waals surface area contributed by atoms with Gasteiger partial charge in [0.15, 0.2) is 6.61 Å². The van der Waals surface area contributed by atoms with Crippen molar-refractivity contribution in [2.75, 3.05) is 17.2 Å². The number of ether oxygens (including phenoxy) is 1. The molecule has 36 heavy (non-hydrogen) atoms. The van der Waals surface area contributed by atoms with Crippen molar-refractivity contribution < 1.29 is 14.3 Å². The zero-order valence-electron chi connectivity index (χ0n) is 20.2. The smallest absolute Gasteiger partial charge is 0.262 e. The number of para-hydroxylation sites is 1. The van der Waals surface area contributed by atoms with Crippen molar-refractivity contribution in [3.05, 3.63) is 120 Å². The average Bonchev–Trinajstić information content (AvgIpc) is 2.89. The van der Waals surface area contributed by atoms with Crippen LogP contribution in [-0.2, 0) is 9.59 Å². The summed E-state index contributed by atoms with van der Waals surface area (Å²) < 4.78 is 5.53. The second kappa shape index (κ2) is 12.1. The Kier molecular flexibility index (Phi) is 8.42. The summed E-state index contributed by atoms with van der Waals surface area (Å²) in [6, 6.07) is 32.3. The van der Waals surface area contributed by atoms with Crippen LogP contribution in [0.5, 0.6) is 5.75 Å². The Balaban J connectivity index is 1.46. The van der Waals surface area contributed by atoms with Gasteiger partial charge in [0, 0.05) is 16.3 Å². The lowest BCUT2D eigenvalue weighted by molar-refractivity contribution is -0.118. The van der Waals surface area contributed by atoms with E-state index in [1.54, 1.807) is 12.1 Å². The fourth-order valence-electron chi connectivity index (χ4n) is 3.57. The molecular weight excluding hydrogens is 468 g/mol. The first-order valence-corrected chi connectivity index (χ1v) is 12.5. The van der Waals surface area contributed by atoms with Gasteiger partial charge in [0.25, 0.3) is 5.91 Å². The highest BCUT2D eigenvalue weighted by molar-refractivity contribution is 8.00. The molecule has 0 bridgehead atoms. The number of carbonyl (C=O) groups excluding carboxylic acids is 2. The van der Waals surface area contributed by atoms with Crippen LogP contribution in [0.15, 0.2) is 108 Å². The SMILES string of the molecule is Cc1ccc(NC(=O)C(Sc2cccc(NC(=O)COc3ccccc3)c2)c2ccccc2)cc1C. The Morgan fingerprint density at radius 1 is 0.750 bits per heavy atom. The number of rotatable bonds is 9. The van der Waals surface area contributed by atoms with Gasteiger partial charge in [-0.15, -0.1) is 11.8 Å². The van der Waals surface area contributed by atoms with E-state index in [0.717, 1.165) is 21.7 Å². The fourth-order valence-corrected chi connectivity index (χ4v) is 4.66. The van der Waals surface area contributed by atoms with Crippen molar-refractivity contribution in [3.8, 4) is 5.75 Å². The van der Waals surface area contributed by atoms with Crippen molar-refractivity contribution in [1.82, 2.24) is 0 Å². The van der Waals surface area contributed by atoms with Gasteiger partial charge in [-0.1, -0.05) is 60.7 Å². The fraction of sp³-hybridized carbons (Fsp3) is 0.133. The lowest BCUT2D eigenvalue weighted by Gasteiger charge is -2.18. The molecule has 2 N–H and O–H groups in total. The zero-order chi connectivity index (χ0) is 25.3. The molecule has 182 valence electrons. The third-order valence-electron chi connectivity index (χ3n) is 5.60. The summed E-state index contributed by atoms with van der Waals surface area (Å²) in [6.45, 7) is 3.98. The second-order valence-electron chi connectivity index (χ2n) is 8.37. The van der Waals surface area contributed by atoms with Gasteiger partial charge >= 0.3 is 0 Å². The number of carbonyl (C=O) groups is 2. The maximum Gasteiger partial charge on any atom is 0.262 e. The predicted molar refractivity (Wildman–Crippen MR) is 147 cm³/mol. The molecule has 5 nitrogen and oxygen atoms in total. The molecule has 4 aromatic carbocycles. The van der Waals surface area contributed by atoms with Crippen LogP contribution in [0.25, 0.3) is 0 Å². The Bertz CT molecular complexity index is 1330. The maximum absolute atomic E-state index is 13.4. The van der Waals surface area contributed by atoms with Gasteiger partial charge in [-0.3, -0.25) is 9.59 Å². The van der Waals surface area contributed by atoms with E-state index >= 15 is 0 Å². The normalized spacial score (nSPS) is 11.4. The molecule has 1 unspecified atom stereocenters. The van der Waals surface area contributed by atoms with E-state index in [2.05, 4.69) is 10.6 Å². The molecule has 0 aromatic heterocycles. The number of hydrogen-bond acceptors (Lipinski definition) is 4. The van der Waals surface area contributed by atoms with Crippen molar-refractivity contribution in [3.63, 3.8) is 0 Å². The van der Waals surface area contributed by atoms with Gasteiger partial charge < -0.3 is 15.4 Å². The number of thioether (sulfide) groups is 1. The van der Waals surface area contributed by atoms with Crippen LogP contribution in [0.3, 0.4) is 0 Å². The molecule has 0 aliphatic heterocycles. The lowest BCUT2D eigenvalue weighted by Crippen LogP contribution is -2.20. The average molecular weight is 497 g/mol. The number of aryl methyl sites for hydroxylation is 2. The number of benzene rings is 4. The van der Waals surface area contributed by atoms with Gasteiger partial charge in [-0.2, -0.15) is 0 Å². The Morgan fingerprint density at radius 3 is 2.17 bits per heavy atom. The predicted octanol–water partition coefficient (Wildman–Crippen LogP) is 6.79. The van der Waals surface area contributed by atoms with E-state index in [-0.39, 0.29) is 18.4 Å². The van der Waals surface area contributed by atoms with Gasteiger partial charge in [0.1, 0.15) is 11.0 Å². The summed E-state index contributed by atoms with van der Waals surface area (Å²) in [5.74, 6) is 0.269. The van der Waals surface area contributed by atoms with Crippen molar-refractivity contribution in [1.29, 1.82) is 0 Å². The summed E-state index contributed by atoms with van der Waals surface area (Å²) in [5.41, 5.74) is 4.60. The molecule has 0 aliphatic rings. The van der Waals surface area contributed by atoms with Crippen LogP contribution in [0, 0.1) is 13.8 Å². The van der Waals surface area contributed by atoms with E-state index in [1.807, 2.05) is 105 Å². The minimum Gasteiger partial charge on any atom is -0.484 e. The maximum atomic E-state index is 13.4. The van der Waals surface area contributed by atoms with E-state index in [4.69, 9.17) is 4.74 Å². The molecule has 4 rings (SSSR count). The number of hydrogen-bond donors (Lipinski definition) is 2. The van der Waals surface area contributed by atoms with Crippen molar-refractivity contribution in [2.24, 2.45) is 0 Å². The highest BCUT2D eigenvalue weighted by Crippen LogP contribution is 2.37. The molecule has 1 atom stereocenters. The quantitative estimate of drug-likeness (QED) is 0.250. The van der Waals surface area contributed by atoms with E-state index in [0.29, 0.717) is 11.4 Å². The van der Waals surface area contributed by atoms with Crippen LogP contribution in [-0.4, -0.2) is 18.4 Å². The first-order chi connectivity index (χ1) is 17.5. The molecule has 0 saturated carbocycles. The molecule has 0 saturated heterocycles. The summed E-state index contributed by atoms with van der Waals surface area (Å²) in [4.78, 5) is 26.6. The van der Waals surface area contributed by atoms with Crippen LogP contribution < -0.4 is 15.4 Å². The first kappa shape index (κ1) is 25.1. The monoisotopic (exact) mass is 496 g/mol. The third kappa shape index (κ3) is 6.99. The van der Waals surface area contributed by atoms with Crippen LogP contribution in [0.1, 0.15) is 21.9 Å². The van der Waals surface area contributed by atoms with Gasteiger partial charge in [0.2, 0.25) is 5.91 Å². The summed E-state index contributed by atoms with van der Waals surface area (Å²) in [6.07, 6.45) is 0. The summed E-state index contributed by atoms with van der Waals surface area (Å²) >= 11 is 1.43. The number of nitrogens with one attached hydrogen (secondary N) is 2. The minimum absolute atomic E-state index is 0.0909. The van der Waals surface area contributed by atoms with Crippen molar-refractivity contribution in [2.45, 2.75) is 24.0 Å². The van der Waals surface area contributed by atoms with E-state index in [9.17, 15) is 9.59 Å². The molecule has 0 heterocycles. The molecule has 4 aromatic rings. The lowest BCUT2D eigenvalue weighted by atomic mass is 10.1. The van der Waals surface area contributed by atoms with Crippen LogP contribution in [0.4, 0.5) is 11.4 Å². The zero-order valence-corrected chi connectivity index (χ0v) is 21.0. The molecule has 6 heteroatoms. The van der Waals surface area contributed by atoms with Crippen LogP contribution >= 0.6 is 11.8 Å².